The Hall–Kier alpha value is -1.19. The summed E-state index contributed by atoms with van der Waals surface area (Å²) in [4.78, 5) is 6.06. The first kappa shape index (κ1) is 9.07. The lowest BCUT2D eigenvalue weighted by Crippen LogP contribution is -2.07. The van der Waals surface area contributed by atoms with Crippen molar-refractivity contribution in [3.05, 3.63) is 40.9 Å². The SMILES string of the molecule is CC1NCc2nc(-c3ccccc3)sc21. The van der Waals surface area contributed by atoms with E-state index in [1.165, 1.54) is 16.1 Å². The highest BCUT2D eigenvalue weighted by Gasteiger charge is 2.22. The van der Waals surface area contributed by atoms with Gasteiger partial charge in [-0.15, -0.1) is 11.3 Å². The zero-order chi connectivity index (χ0) is 10.3. The number of hydrogen-bond donors (Lipinski definition) is 1. The Morgan fingerprint density at radius 3 is 2.87 bits per heavy atom. The summed E-state index contributed by atoms with van der Waals surface area (Å²) in [5, 5.41) is 4.54. The van der Waals surface area contributed by atoms with E-state index in [1.807, 2.05) is 17.4 Å². The molecule has 1 N–H and O–H groups in total. The molecule has 3 heteroatoms. The van der Waals surface area contributed by atoms with Crippen molar-refractivity contribution < 1.29 is 0 Å². The van der Waals surface area contributed by atoms with Crippen LogP contribution < -0.4 is 5.32 Å². The lowest BCUT2D eigenvalue weighted by molar-refractivity contribution is 0.636. The fraction of sp³-hybridized carbons (Fsp3) is 0.250. The van der Waals surface area contributed by atoms with Gasteiger partial charge in [0.25, 0.3) is 0 Å². The van der Waals surface area contributed by atoms with E-state index in [9.17, 15) is 0 Å². The topological polar surface area (TPSA) is 24.9 Å². The molecule has 1 atom stereocenters. The fourth-order valence-corrected chi connectivity index (χ4v) is 2.99. The summed E-state index contributed by atoms with van der Waals surface area (Å²) in [5.41, 5.74) is 2.45. The first-order valence-corrected chi connectivity index (χ1v) is 5.94. The standard InChI is InChI=1S/C12H12N2S/c1-8-11-10(7-13-8)14-12(15-11)9-5-3-2-4-6-9/h2-6,8,13H,7H2,1H3. The molecule has 76 valence electrons. The smallest absolute Gasteiger partial charge is 0.123 e. The van der Waals surface area contributed by atoms with E-state index in [4.69, 9.17) is 0 Å². The maximum absolute atomic E-state index is 4.67. The van der Waals surface area contributed by atoms with Gasteiger partial charge >= 0.3 is 0 Å². The highest BCUT2D eigenvalue weighted by atomic mass is 32.1. The second kappa shape index (κ2) is 3.43. The fourth-order valence-electron chi connectivity index (χ4n) is 1.88. The minimum Gasteiger partial charge on any atom is -0.304 e. The van der Waals surface area contributed by atoms with Gasteiger partial charge < -0.3 is 5.32 Å². The zero-order valence-electron chi connectivity index (χ0n) is 8.53. The summed E-state index contributed by atoms with van der Waals surface area (Å²) in [6, 6.07) is 10.9. The molecule has 0 fully saturated rings. The summed E-state index contributed by atoms with van der Waals surface area (Å²) in [6.45, 7) is 3.11. The molecule has 0 amide bonds. The van der Waals surface area contributed by atoms with Gasteiger partial charge in [-0.3, -0.25) is 0 Å². The van der Waals surface area contributed by atoms with Crippen molar-refractivity contribution in [1.82, 2.24) is 10.3 Å². The lowest BCUT2D eigenvalue weighted by Gasteiger charge is -2.00. The molecule has 0 spiro atoms. The molecule has 3 rings (SSSR count). The van der Waals surface area contributed by atoms with E-state index >= 15 is 0 Å². The van der Waals surface area contributed by atoms with Crippen LogP contribution in [0.5, 0.6) is 0 Å². The van der Waals surface area contributed by atoms with Gasteiger partial charge in [0, 0.05) is 23.0 Å². The molecule has 0 bridgehead atoms. The molecule has 0 saturated heterocycles. The Morgan fingerprint density at radius 1 is 1.33 bits per heavy atom. The summed E-state index contributed by atoms with van der Waals surface area (Å²) < 4.78 is 0. The molecular formula is C12H12N2S. The van der Waals surface area contributed by atoms with E-state index in [1.54, 1.807) is 0 Å². The maximum Gasteiger partial charge on any atom is 0.123 e. The first-order chi connectivity index (χ1) is 7.34. The minimum atomic E-state index is 0.468. The number of rotatable bonds is 1. The minimum absolute atomic E-state index is 0.468. The summed E-state index contributed by atoms with van der Waals surface area (Å²) in [5.74, 6) is 0. The number of aromatic nitrogens is 1. The van der Waals surface area contributed by atoms with Crippen LogP contribution in [0.2, 0.25) is 0 Å². The molecule has 0 saturated carbocycles. The Bertz CT molecular complexity index is 476. The zero-order valence-corrected chi connectivity index (χ0v) is 9.34. The number of thiazole rings is 1. The largest absolute Gasteiger partial charge is 0.304 e. The van der Waals surface area contributed by atoms with Crippen molar-refractivity contribution >= 4 is 11.3 Å². The molecule has 1 aromatic carbocycles. The van der Waals surface area contributed by atoms with E-state index in [0.29, 0.717) is 6.04 Å². The second-order valence-corrected chi connectivity index (χ2v) is 4.83. The van der Waals surface area contributed by atoms with Crippen molar-refractivity contribution in [2.45, 2.75) is 19.5 Å². The van der Waals surface area contributed by atoms with Gasteiger partial charge in [-0.1, -0.05) is 30.3 Å². The van der Waals surface area contributed by atoms with Crippen molar-refractivity contribution in [1.29, 1.82) is 0 Å². The van der Waals surface area contributed by atoms with Crippen LogP contribution in [-0.4, -0.2) is 4.98 Å². The Labute approximate surface area is 93.0 Å². The third-order valence-corrected chi connectivity index (χ3v) is 4.05. The highest BCUT2D eigenvalue weighted by molar-refractivity contribution is 7.15. The van der Waals surface area contributed by atoms with Crippen molar-refractivity contribution in [2.24, 2.45) is 0 Å². The summed E-state index contributed by atoms with van der Waals surface area (Å²) >= 11 is 1.81. The molecule has 2 aromatic rings. The highest BCUT2D eigenvalue weighted by Crippen LogP contribution is 2.35. The van der Waals surface area contributed by atoms with E-state index in [-0.39, 0.29) is 0 Å². The maximum atomic E-state index is 4.67. The van der Waals surface area contributed by atoms with E-state index < -0.39 is 0 Å². The molecule has 2 heterocycles. The predicted molar refractivity (Wildman–Crippen MR) is 62.8 cm³/mol. The monoisotopic (exact) mass is 216 g/mol. The van der Waals surface area contributed by atoms with Crippen LogP contribution in [0.25, 0.3) is 10.6 Å². The number of hydrogen-bond acceptors (Lipinski definition) is 3. The van der Waals surface area contributed by atoms with Crippen molar-refractivity contribution in [2.75, 3.05) is 0 Å². The van der Waals surface area contributed by atoms with Gasteiger partial charge in [-0.05, 0) is 6.92 Å². The molecule has 2 nitrogen and oxygen atoms in total. The average Bonchev–Trinajstić information content (AvgIpc) is 2.83. The van der Waals surface area contributed by atoms with E-state index in [0.717, 1.165) is 11.6 Å². The van der Waals surface area contributed by atoms with Crippen LogP contribution in [0.4, 0.5) is 0 Å². The Morgan fingerprint density at radius 2 is 2.13 bits per heavy atom. The Kier molecular flexibility index (Phi) is 2.08. The van der Waals surface area contributed by atoms with E-state index in [2.05, 4.69) is 41.5 Å². The number of nitrogens with one attached hydrogen (secondary N) is 1. The normalized spacial score (nSPS) is 19.1. The number of fused-ring (bicyclic) bond motifs is 1. The Balaban J connectivity index is 2.05. The molecule has 1 unspecified atom stereocenters. The molecular weight excluding hydrogens is 204 g/mol. The van der Waals surface area contributed by atoms with Gasteiger partial charge in [0.1, 0.15) is 5.01 Å². The molecule has 1 aliphatic rings. The number of benzene rings is 1. The molecule has 0 aliphatic carbocycles. The summed E-state index contributed by atoms with van der Waals surface area (Å²) in [7, 11) is 0. The average molecular weight is 216 g/mol. The molecule has 15 heavy (non-hydrogen) atoms. The first-order valence-electron chi connectivity index (χ1n) is 5.13. The van der Waals surface area contributed by atoms with Crippen LogP contribution in [-0.2, 0) is 6.54 Å². The van der Waals surface area contributed by atoms with Crippen LogP contribution in [0.15, 0.2) is 30.3 Å². The van der Waals surface area contributed by atoms with Gasteiger partial charge in [-0.2, -0.15) is 0 Å². The number of nitrogens with zero attached hydrogens (tertiary/aromatic N) is 1. The van der Waals surface area contributed by atoms with Crippen LogP contribution in [0.3, 0.4) is 0 Å². The van der Waals surface area contributed by atoms with Crippen molar-refractivity contribution in [3.63, 3.8) is 0 Å². The van der Waals surface area contributed by atoms with Crippen LogP contribution in [0, 0.1) is 0 Å². The van der Waals surface area contributed by atoms with Crippen LogP contribution >= 0.6 is 11.3 Å². The van der Waals surface area contributed by atoms with Crippen LogP contribution in [0.1, 0.15) is 23.5 Å². The molecule has 1 aromatic heterocycles. The predicted octanol–water partition coefficient (Wildman–Crippen LogP) is 2.97. The lowest BCUT2D eigenvalue weighted by atomic mass is 10.2. The van der Waals surface area contributed by atoms with Crippen molar-refractivity contribution in [3.8, 4) is 10.6 Å². The summed E-state index contributed by atoms with van der Waals surface area (Å²) in [6.07, 6.45) is 0. The second-order valence-electron chi connectivity index (χ2n) is 3.80. The third-order valence-electron chi connectivity index (χ3n) is 2.72. The van der Waals surface area contributed by atoms with Gasteiger partial charge in [0.2, 0.25) is 0 Å². The van der Waals surface area contributed by atoms with Gasteiger partial charge in [0.05, 0.1) is 5.69 Å². The molecule has 0 radical (unpaired) electrons. The quantitative estimate of drug-likeness (QED) is 0.792. The van der Waals surface area contributed by atoms with Gasteiger partial charge in [0.15, 0.2) is 0 Å². The third kappa shape index (κ3) is 1.48. The van der Waals surface area contributed by atoms with Gasteiger partial charge in [-0.25, -0.2) is 4.98 Å². The molecule has 1 aliphatic heterocycles.